The SMILES string of the molecule is O=C1CCSc2ccc(C(=O)N3CCCC(c4nc(-c5cccc(F)c5)no4)C3)cc2N1. The fourth-order valence-electron chi connectivity index (χ4n) is 4.04. The molecule has 1 fully saturated rings. The molecule has 2 aromatic carbocycles. The number of anilines is 1. The van der Waals surface area contributed by atoms with E-state index in [4.69, 9.17) is 4.52 Å². The molecule has 1 atom stereocenters. The summed E-state index contributed by atoms with van der Waals surface area (Å²) in [6.45, 7) is 1.10. The average Bonchev–Trinajstić information content (AvgIpc) is 3.22. The molecule has 1 unspecified atom stereocenters. The molecule has 0 aliphatic carbocycles. The smallest absolute Gasteiger partial charge is 0.253 e. The average molecular weight is 453 g/mol. The number of carbonyl (C=O) groups is 2. The third-order valence-corrected chi connectivity index (χ3v) is 6.74. The Kier molecular flexibility index (Phi) is 5.65. The second-order valence-electron chi connectivity index (χ2n) is 7.91. The van der Waals surface area contributed by atoms with E-state index >= 15 is 0 Å². The molecule has 1 N–H and O–H groups in total. The summed E-state index contributed by atoms with van der Waals surface area (Å²) >= 11 is 1.61. The predicted molar refractivity (Wildman–Crippen MR) is 118 cm³/mol. The maximum absolute atomic E-state index is 13.5. The first-order chi connectivity index (χ1) is 15.6. The molecule has 0 spiro atoms. The van der Waals surface area contributed by atoms with Gasteiger partial charge in [0.25, 0.3) is 5.91 Å². The standard InChI is InChI=1S/C23H21FN4O3S/c24-17-5-1-3-14(11-17)21-26-22(31-27-21)16-4-2-9-28(13-16)23(30)15-6-7-19-18(12-15)25-20(29)8-10-32-19/h1,3,5-7,11-12,16H,2,4,8-10,13H2,(H,25,29). The summed E-state index contributed by atoms with van der Waals surface area (Å²) in [6.07, 6.45) is 2.09. The van der Waals surface area contributed by atoms with Crippen LogP contribution in [-0.2, 0) is 4.79 Å². The summed E-state index contributed by atoms with van der Waals surface area (Å²) in [7, 11) is 0. The molecule has 5 rings (SSSR count). The van der Waals surface area contributed by atoms with Crippen LogP contribution in [0.1, 0.15) is 41.4 Å². The molecule has 7 nitrogen and oxygen atoms in total. The third kappa shape index (κ3) is 4.25. The highest BCUT2D eigenvalue weighted by molar-refractivity contribution is 7.99. The van der Waals surface area contributed by atoms with Crippen molar-refractivity contribution in [1.82, 2.24) is 15.0 Å². The Morgan fingerprint density at radius 1 is 1.25 bits per heavy atom. The van der Waals surface area contributed by atoms with Crippen molar-refractivity contribution in [2.75, 3.05) is 24.2 Å². The van der Waals surface area contributed by atoms with Crippen LogP contribution in [-0.4, -0.2) is 45.7 Å². The van der Waals surface area contributed by atoms with E-state index in [1.54, 1.807) is 34.9 Å². The molecule has 1 aromatic heterocycles. The lowest BCUT2D eigenvalue weighted by Gasteiger charge is -2.31. The van der Waals surface area contributed by atoms with Gasteiger partial charge in [0.1, 0.15) is 5.82 Å². The number of nitrogens with one attached hydrogen (secondary N) is 1. The lowest BCUT2D eigenvalue weighted by molar-refractivity contribution is -0.115. The van der Waals surface area contributed by atoms with Gasteiger partial charge in [-0.25, -0.2) is 4.39 Å². The van der Waals surface area contributed by atoms with E-state index in [1.165, 1.54) is 12.1 Å². The number of aromatic nitrogens is 2. The number of fused-ring (bicyclic) bond motifs is 1. The number of rotatable bonds is 3. The minimum absolute atomic E-state index is 0.0376. The molecule has 0 radical (unpaired) electrons. The number of carbonyl (C=O) groups excluding carboxylic acids is 2. The zero-order chi connectivity index (χ0) is 22.1. The molecule has 2 aliphatic heterocycles. The van der Waals surface area contributed by atoms with Crippen molar-refractivity contribution in [2.24, 2.45) is 0 Å². The molecule has 2 amide bonds. The van der Waals surface area contributed by atoms with E-state index in [2.05, 4.69) is 15.5 Å². The van der Waals surface area contributed by atoms with E-state index in [-0.39, 0.29) is 23.5 Å². The van der Waals surface area contributed by atoms with Gasteiger partial charge in [-0.15, -0.1) is 11.8 Å². The summed E-state index contributed by atoms with van der Waals surface area (Å²) in [5, 5.41) is 6.88. The van der Waals surface area contributed by atoms with E-state index in [1.807, 2.05) is 12.1 Å². The fraction of sp³-hybridized carbons (Fsp3) is 0.304. The minimum Gasteiger partial charge on any atom is -0.339 e. The van der Waals surface area contributed by atoms with Crippen molar-refractivity contribution in [1.29, 1.82) is 0 Å². The van der Waals surface area contributed by atoms with Crippen molar-refractivity contribution < 1.29 is 18.5 Å². The van der Waals surface area contributed by atoms with Gasteiger partial charge in [-0.3, -0.25) is 9.59 Å². The normalized spacial score (nSPS) is 18.6. The second kappa shape index (κ2) is 8.74. The third-order valence-electron chi connectivity index (χ3n) is 5.67. The Balaban J connectivity index is 1.32. The molecular weight excluding hydrogens is 431 g/mol. The first kappa shape index (κ1) is 20.7. The first-order valence-electron chi connectivity index (χ1n) is 10.5. The highest BCUT2D eigenvalue weighted by atomic mass is 32.2. The van der Waals surface area contributed by atoms with E-state index < -0.39 is 0 Å². The van der Waals surface area contributed by atoms with Gasteiger partial charge < -0.3 is 14.7 Å². The Morgan fingerprint density at radius 3 is 3.03 bits per heavy atom. The van der Waals surface area contributed by atoms with Crippen LogP contribution in [0.3, 0.4) is 0 Å². The molecular formula is C23H21FN4O3S. The van der Waals surface area contributed by atoms with Gasteiger partial charge in [-0.2, -0.15) is 4.98 Å². The van der Waals surface area contributed by atoms with Crippen molar-refractivity contribution in [3.63, 3.8) is 0 Å². The van der Waals surface area contributed by atoms with Crippen LogP contribution in [0.4, 0.5) is 10.1 Å². The first-order valence-corrected chi connectivity index (χ1v) is 11.5. The Hall–Kier alpha value is -3.20. The van der Waals surface area contributed by atoms with Gasteiger partial charge in [0.05, 0.1) is 11.6 Å². The van der Waals surface area contributed by atoms with E-state index in [0.29, 0.717) is 48.0 Å². The van der Waals surface area contributed by atoms with Crippen molar-refractivity contribution in [3.8, 4) is 11.4 Å². The summed E-state index contributed by atoms with van der Waals surface area (Å²) in [5.41, 5.74) is 1.78. The molecule has 32 heavy (non-hydrogen) atoms. The second-order valence-corrected chi connectivity index (χ2v) is 9.05. The van der Waals surface area contributed by atoms with Gasteiger partial charge in [0.15, 0.2) is 0 Å². The van der Waals surface area contributed by atoms with Crippen molar-refractivity contribution in [3.05, 3.63) is 59.7 Å². The number of hydrogen-bond donors (Lipinski definition) is 1. The zero-order valence-electron chi connectivity index (χ0n) is 17.2. The number of likely N-dealkylation sites (tertiary alicyclic amines) is 1. The van der Waals surface area contributed by atoms with Crippen LogP contribution in [0.25, 0.3) is 11.4 Å². The van der Waals surface area contributed by atoms with Crippen LogP contribution in [0.15, 0.2) is 51.9 Å². The minimum atomic E-state index is -0.362. The predicted octanol–water partition coefficient (Wildman–Crippen LogP) is 4.33. The van der Waals surface area contributed by atoms with Gasteiger partial charge >= 0.3 is 0 Å². The Labute approximate surface area is 188 Å². The molecule has 2 aliphatic rings. The number of halogens is 1. The maximum Gasteiger partial charge on any atom is 0.253 e. The van der Waals surface area contributed by atoms with Crippen LogP contribution in [0.2, 0.25) is 0 Å². The highest BCUT2D eigenvalue weighted by Crippen LogP contribution is 2.33. The molecule has 0 saturated carbocycles. The summed E-state index contributed by atoms with van der Waals surface area (Å²) in [5.74, 6) is 0.934. The molecule has 1 saturated heterocycles. The number of amides is 2. The van der Waals surface area contributed by atoms with E-state index in [0.717, 1.165) is 23.5 Å². The monoisotopic (exact) mass is 452 g/mol. The molecule has 9 heteroatoms. The van der Waals surface area contributed by atoms with Crippen LogP contribution in [0, 0.1) is 5.82 Å². The van der Waals surface area contributed by atoms with Crippen LogP contribution in [0.5, 0.6) is 0 Å². The molecule has 3 heterocycles. The van der Waals surface area contributed by atoms with Crippen molar-refractivity contribution >= 4 is 29.3 Å². The number of hydrogen-bond acceptors (Lipinski definition) is 6. The molecule has 3 aromatic rings. The molecule has 0 bridgehead atoms. The summed E-state index contributed by atoms with van der Waals surface area (Å²) < 4.78 is 19.0. The topological polar surface area (TPSA) is 88.3 Å². The fourth-order valence-corrected chi connectivity index (χ4v) is 4.98. The van der Waals surface area contributed by atoms with Gasteiger partial charge in [0.2, 0.25) is 17.6 Å². The largest absolute Gasteiger partial charge is 0.339 e. The quantitative estimate of drug-likeness (QED) is 0.636. The van der Waals surface area contributed by atoms with E-state index in [9.17, 15) is 14.0 Å². The number of thioether (sulfide) groups is 1. The summed E-state index contributed by atoms with van der Waals surface area (Å²) in [6, 6.07) is 11.5. The Bertz CT molecular complexity index is 1180. The van der Waals surface area contributed by atoms with Gasteiger partial charge in [0, 0.05) is 41.3 Å². The lowest BCUT2D eigenvalue weighted by atomic mass is 9.97. The highest BCUT2D eigenvalue weighted by Gasteiger charge is 2.30. The maximum atomic E-state index is 13.5. The zero-order valence-corrected chi connectivity index (χ0v) is 18.0. The van der Waals surface area contributed by atoms with Crippen LogP contribution >= 0.6 is 11.8 Å². The molecule has 164 valence electrons. The lowest BCUT2D eigenvalue weighted by Crippen LogP contribution is -2.39. The number of benzene rings is 2. The van der Waals surface area contributed by atoms with Crippen LogP contribution < -0.4 is 5.32 Å². The van der Waals surface area contributed by atoms with Gasteiger partial charge in [-0.05, 0) is 43.2 Å². The summed E-state index contributed by atoms with van der Waals surface area (Å²) in [4.78, 5) is 32.3. The number of piperidine rings is 1. The van der Waals surface area contributed by atoms with Crippen molar-refractivity contribution in [2.45, 2.75) is 30.1 Å². The van der Waals surface area contributed by atoms with Gasteiger partial charge in [-0.1, -0.05) is 17.3 Å². The number of nitrogens with zero attached hydrogens (tertiary/aromatic N) is 3. The Morgan fingerprint density at radius 2 is 2.16 bits per heavy atom.